The number of benzene rings is 2. The van der Waals surface area contributed by atoms with Crippen LogP contribution in [0.25, 0.3) is 10.8 Å². The molecule has 100 valence electrons. The largest absolute Gasteiger partial charge is 0.492 e. The van der Waals surface area contributed by atoms with Crippen molar-refractivity contribution in [3.8, 4) is 5.75 Å². The summed E-state index contributed by atoms with van der Waals surface area (Å²) in [7, 11) is 1.49. The van der Waals surface area contributed by atoms with Crippen LogP contribution in [0.5, 0.6) is 5.75 Å². The first-order valence-electron chi connectivity index (χ1n) is 6.17. The van der Waals surface area contributed by atoms with E-state index in [1.165, 1.54) is 12.5 Å². The molecule has 2 aromatic rings. The minimum absolute atomic E-state index is 0.0793. The lowest BCUT2D eigenvalue weighted by Gasteiger charge is -2.08. The SMILES string of the molecule is COCC(=O)NCCOc1ccc2ccccc2c1. The van der Waals surface area contributed by atoms with Crippen LogP contribution in [0, 0.1) is 0 Å². The maximum atomic E-state index is 11.1. The fourth-order valence-corrected chi connectivity index (χ4v) is 1.80. The van der Waals surface area contributed by atoms with Gasteiger partial charge in [-0.2, -0.15) is 0 Å². The van der Waals surface area contributed by atoms with Gasteiger partial charge < -0.3 is 14.8 Å². The second-order valence-electron chi connectivity index (χ2n) is 4.14. The molecule has 0 heterocycles. The Morgan fingerprint density at radius 3 is 2.74 bits per heavy atom. The van der Waals surface area contributed by atoms with E-state index in [1.54, 1.807) is 0 Å². The molecular formula is C15H17NO3. The summed E-state index contributed by atoms with van der Waals surface area (Å²) < 4.78 is 10.3. The molecule has 4 nitrogen and oxygen atoms in total. The van der Waals surface area contributed by atoms with Gasteiger partial charge in [0.25, 0.3) is 0 Å². The molecule has 2 rings (SSSR count). The summed E-state index contributed by atoms with van der Waals surface area (Å²) in [4.78, 5) is 11.1. The molecule has 1 N–H and O–H groups in total. The zero-order valence-corrected chi connectivity index (χ0v) is 10.9. The van der Waals surface area contributed by atoms with Gasteiger partial charge in [0.2, 0.25) is 5.91 Å². The van der Waals surface area contributed by atoms with E-state index in [2.05, 4.69) is 11.4 Å². The molecule has 0 unspecified atom stereocenters. The molecule has 0 fully saturated rings. The second-order valence-corrected chi connectivity index (χ2v) is 4.14. The molecule has 1 amide bonds. The summed E-state index contributed by atoms with van der Waals surface area (Å²) in [5.74, 6) is 0.671. The number of hydrogen-bond donors (Lipinski definition) is 1. The van der Waals surface area contributed by atoms with E-state index in [4.69, 9.17) is 9.47 Å². The highest BCUT2D eigenvalue weighted by molar-refractivity contribution is 5.83. The summed E-state index contributed by atoms with van der Waals surface area (Å²) in [6, 6.07) is 14.1. The number of carbonyl (C=O) groups excluding carboxylic acids is 1. The van der Waals surface area contributed by atoms with Gasteiger partial charge in [-0.05, 0) is 22.9 Å². The Bertz CT molecular complexity index is 554. The maximum absolute atomic E-state index is 11.1. The molecule has 0 aliphatic heterocycles. The molecule has 0 spiro atoms. The highest BCUT2D eigenvalue weighted by Crippen LogP contribution is 2.20. The van der Waals surface area contributed by atoms with Crippen LogP contribution in [0.3, 0.4) is 0 Å². The Morgan fingerprint density at radius 2 is 1.95 bits per heavy atom. The molecule has 0 aliphatic carbocycles. The van der Waals surface area contributed by atoms with Gasteiger partial charge in [0.15, 0.2) is 0 Å². The van der Waals surface area contributed by atoms with E-state index in [-0.39, 0.29) is 12.5 Å². The Balaban J connectivity index is 1.83. The summed E-state index contributed by atoms with van der Waals surface area (Å²) in [6.45, 7) is 0.985. The molecule has 0 atom stereocenters. The third-order valence-electron chi connectivity index (χ3n) is 2.69. The quantitative estimate of drug-likeness (QED) is 0.807. The highest BCUT2D eigenvalue weighted by atomic mass is 16.5. The number of carbonyl (C=O) groups is 1. The third kappa shape index (κ3) is 3.96. The number of fused-ring (bicyclic) bond motifs is 1. The number of ether oxygens (including phenoxy) is 2. The predicted octanol–water partition coefficient (Wildman–Crippen LogP) is 1.98. The zero-order valence-electron chi connectivity index (χ0n) is 10.9. The van der Waals surface area contributed by atoms with Crippen LogP contribution in [0.15, 0.2) is 42.5 Å². The van der Waals surface area contributed by atoms with Crippen molar-refractivity contribution in [1.82, 2.24) is 5.32 Å². The highest BCUT2D eigenvalue weighted by Gasteiger charge is 2.00. The van der Waals surface area contributed by atoms with Crippen molar-refractivity contribution < 1.29 is 14.3 Å². The van der Waals surface area contributed by atoms with Gasteiger partial charge in [-0.15, -0.1) is 0 Å². The van der Waals surface area contributed by atoms with Crippen LogP contribution in [0.4, 0.5) is 0 Å². The molecule has 19 heavy (non-hydrogen) atoms. The summed E-state index contributed by atoms with van der Waals surface area (Å²) in [6.07, 6.45) is 0. The van der Waals surface area contributed by atoms with Crippen LogP contribution >= 0.6 is 0 Å². The van der Waals surface area contributed by atoms with Crippen molar-refractivity contribution in [3.63, 3.8) is 0 Å². The maximum Gasteiger partial charge on any atom is 0.246 e. The molecule has 2 aromatic carbocycles. The average molecular weight is 259 g/mol. The summed E-state index contributed by atoms with van der Waals surface area (Å²) >= 11 is 0. The van der Waals surface area contributed by atoms with Crippen molar-refractivity contribution in [3.05, 3.63) is 42.5 Å². The van der Waals surface area contributed by atoms with Gasteiger partial charge in [-0.25, -0.2) is 0 Å². The van der Waals surface area contributed by atoms with E-state index >= 15 is 0 Å². The van der Waals surface area contributed by atoms with E-state index < -0.39 is 0 Å². The van der Waals surface area contributed by atoms with Gasteiger partial charge in [0.05, 0.1) is 6.54 Å². The molecule has 0 saturated heterocycles. The van der Waals surface area contributed by atoms with Gasteiger partial charge >= 0.3 is 0 Å². The molecule has 0 saturated carbocycles. The lowest BCUT2D eigenvalue weighted by molar-refractivity contribution is -0.124. The average Bonchev–Trinajstić information content (AvgIpc) is 2.44. The molecule has 0 bridgehead atoms. The second kappa shape index (κ2) is 6.75. The van der Waals surface area contributed by atoms with Crippen LogP contribution in [-0.2, 0) is 9.53 Å². The van der Waals surface area contributed by atoms with E-state index in [1.807, 2.05) is 36.4 Å². The fraction of sp³-hybridized carbons (Fsp3) is 0.267. The Hall–Kier alpha value is -2.07. The Labute approximate surface area is 112 Å². The normalized spacial score (nSPS) is 10.4. The summed E-state index contributed by atoms with van der Waals surface area (Å²) in [5.41, 5.74) is 0. The molecule has 0 aliphatic rings. The minimum Gasteiger partial charge on any atom is -0.492 e. The smallest absolute Gasteiger partial charge is 0.246 e. The number of rotatable bonds is 6. The molecule has 0 aromatic heterocycles. The van der Waals surface area contributed by atoms with Crippen LogP contribution in [0.2, 0.25) is 0 Å². The first-order chi connectivity index (χ1) is 9.29. The van der Waals surface area contributed by atoms with Gasteiger partial charge in [0.1, 0.15) is 19.0 Å². The van der Waals surface area contributed by atoms with Gasteiger partial charge in [-0.3, -0.25) is 4.79 Å². The first kappa shape index (κ1) is 13.4. The minimum atomic E-state index is -0.135. The van der Waals surface area contributed by atoms with E-state index in [0.717, 1.165) is 11.1 Å². The van der Waals surface area contributed by atoms with E-state index in [0.29, 0.717) is 13.2 Å². The monoisotopic (exact) mass is 259 g/mol. The third-order valence-corrected chi connectivity index (χ3v) is 2.69. The Kier molecular flexibility index (Phi) is 4.75. The number of nitrogens with one attached hydrogen (secondary N) is 1. The lowest BCUT2D eigenvalue weighted by Crippen LogP contribution is -2.30. The molecule has 4 heteroatoms. The Morgan fingerprint density at radius 1 is 1.16 bits per heavy atom. The number of hydrogen-bond acceptors (Lipinski definition) is 3. The standard InChI is InChI=1S/C15H17NO3/c1-18-11-15(17)16-8-9-19-14-7-6-12-4-2-3-5-13(12)10-14/h2-7,10H,8-9,11H2,1H3,(H,16,17). The zero-order chi connectivity index (χ0) is 13.5. The van der Waals surface area contributed by atoms with Crippen molar-refractivity contribution >= 4 is 16.7 Å². The lowest BCUT2D eigenvalue weighted by atomic mass is 10.1. The van der Waals surface area contributed by atoms with Crippen LogP contribution < -0.4 is 10.1 Å². The van der Waals surface area contributed by atoms with Crippen molar-refractivity contribution in [1.29, 1.82) is 0 Å². The molecule has 0 radical (unpaired) electrons. The number of amides is 1. The van der Waals surface area contributed by atoms with E-state index in [9.17, 15) is 4.79 Å². The fourth-order valence-electron chi connectivity index (χ4n) is 1.80. The molecular weight excluding hydrogens is 242 g/mol. The topological polar surface area (TPSA) is 47.6 Å². The summed E-state index contributed by atoms with van der Waals surface area (Å²) in [5, 5.41) is 5.03. The van der Waals surface area contributed by atoms with Crippen molar-refractivity contribution in [2.24, 2.45) is 0 Å². The first-order valence-corrected chi connectivity index (χ1v) is 6.17. The van der Waals surface area contributed by atoms with Gasteiger partial charge in [0, 0.05) is 7.11 Å². The van der Waals surface area contributed by atoms with Crippen molar-refractivity contribution in [2.45, 2.75) is 0 Å². The predicted molar refractivity (Wildman–Crippen MR) is 74.3 cm³/mol. The van der Waals surface area contributed by atoms with Crippen LogP contribution in [0.1, 0.15) is 0 Å². The van der Waals surface area contributed by atoms with Crippen molar-refractivity contribution in [2.75, 3.05) is 26.9 Å². The number of methoxy groups -OCH3 is 1. The van der Waals surface area contributed by atoms with Crippen LogP contribution in [-0.4, -0.2) is 32.8 Å². The van der Waals surface area contributed by atoms with Gasteiger partial charge in [-0.1, -0.05) is 30.3 Å².